The number of nitrogens with zero attached hydrogens (tertiary/aromatic N) is 3. The van der Waals surface area contributed by atoms with Gasteiger partial charge in [-0.15, -0.1) is 0 Å². The maximum Gasteiger partial charge on any atom is 0.257 e. The summed E-state index contributed by atoms with van der Waals surface area (Å²) in [5.41, 5.74) is 7.77. The number of carbonyl (C=O) groups is 1. The molecule has 112 valence electrons. The average Bonchev–Trinajstić information content (AvgIpc) is 2.87. The number of nitrogens with two attached hydrogens (primary N) is 1. The van der Waals surface area contributed by atoms with E-state index in [1.54, 1.807) is 12.1 Å². The summed E-state index contributed by atoms with van der Waals surface area (Å²) in [6.45, 7) is 3.44. The minimum Gasteiger partial charge on any atom is -0.431 e. The summed E-state index contributed by atoms with van der Waals surface area (Å²) in [5.74, 6) is 0.487. The van der Waals surface area contributed by atoms with Gasteiger partial charge in [-0.3, -0.25) is 4.79 Å². The lowest BCUT2D eigenvalue weighted by molar-refractivity contribution is -0.129. The Balaban J connectivity index is 1.59. The lowest BCUT2D eigenvalue weighted by Crippen LogP contribution is -2.47. The van der Waals surface area contributed by atoms with E-state index in [4.69, 9.17) is 10.2 Å². The van der Waals surface area contributed by atoms with E-state index in [0.717, 1.165) is 31.7 Å². The Hall–Kier alpha value is -1.73. The number of aromatic nitrogens is 1. The molecule has 1 aliphatic rings. The molecule has 1 saturated heterocycles. The Morgan fingerprint density at radius 3 is 2.90 bits per heavy atom. The summed E-state index contributed by atoms with van der Waals surface area (Å²) in [7, 11) is 2.07. The summed E-state index contributed by atoms with van der Waals surface area (Å²) < 4.78 is 5.60. The normalized spacial score (nSPS) is 16.5. The van der Waals surface area contributed by atoms with Crippen molar-refractivity contribution in [3.63, 3.8) is 0 Å². The number of hydrogen-bond donors (Lipinski definition) is 1. The molecule has 2 heterocycles. The van der Waals surface area contributed by atoms with Crippen LogP contribution in [0.25, 0.3) is 11.1 Å². The second-order valence-corrected chi connectivity index (χ2v) is 6.11. The van der Waals surface area contributed by atoms with Crippen LogP contribution in [0.1, 0.15) is 0 Å². The third-order valence-electron chi connectivity index (χ3n) is 3.57. The second kappa shape index (κ2) is 5.95. The summed E-state index contributed by atoms with van der Waals surface area (Å²) in [4.78, 5) is 20.6. The van der Waals surface area contributed by atoms with E-state index < -0.39 is 0 Å². The molecule has 21 heavy (non-hydrogen) atoms. The van der Waals surface area contributed by atoms with Gasteiger partial charge in [0.15, 0.2) is 5.58 Å². The lowest BCUT2D eigenvalue weighted by Gasteiger charge is -2.32. The molecule has 0 unspecified atom stereocenters. The predicted molar refractivity (Wildman–Crippen MR) is 83.2 cm³/mol. The van der Waals surface area contributed by atoms with Crippen molar-refractivity contribution in [2.45, 2.75) is 5.22 Å². The molecular weight excluding hydrogens is 288 g/mol. The molecule has 0 aliphatic carbocycles. The van der Waals surface area contributed by atoms with Crippen LogP contribution in [0.5, 0.6) is 0 Å². The van der Waals surface area contributed by atoms with E-state index in [1.165, 1.54) is 11.8 Å². The highest BCUT2D eigenvalue weighted by Gasteiger charge is 2.19. The zero-order valence-electron chi connectivity index (χ0n) is 11.9. The fourth-order valence-electron chi connectivity index (χ4n) is 2.25. The molecule has 1 aliphatic heterocycles. The van der Waals surface area contributed by atoms with Crippen LogP contribution in [0.2, 0.25) is 0 Å². The molecular formula is C14H18N4O2S. The van der Waals surface area contributed by atoms with Gasteiger partial charge < -0.3 is 20.0 Å². The van der Waals surface area contributed by atoms with Gasteiger partial charge in [-0.2, -0.15) is 0 Å². The molecule has 2 aromatic rings. The number of fused-ring (bicyclic) bond motifs is 1. The van der Waals surface area contributed by atoms with Crippen LogP contribution in [-0.2, 0) is 4.79 Å². The lowest BCUT2D eigenvalue weighted by atomic mass is 10.3. The van der Waals surface area contributed by atoms with Gasteiger partial charge in [0.25, 0.3) is 5.22 Å². The Morgan fingerprint density at radius 1 is 1.38 bits per heavy atom. The molecule has 6 nitrogen and oxygen atoms in total. The van der Waals surface area contributed by atoms with Crippen molar-refractivity contribution in [2.75, 3.05) is 44.7 Å². The van der Waals surface area contributed by atoms with Crippen molar-refractivity contribution < 1.29 is 9.21 Å². The zero-order chi connectivity index (χ0) is 14.8. The van der Waals surface area contributed by atoms with Crippen LogP contribution in [-0.4, -0.2) is 59.7 Å². The van der Waals surface area contributed by atoms with Crippen LogP contribution in [0, 0.1) is 0 Å². The fourth-order valence-corrected chi connectivity index (χ4v) is 2.99. The average molecular weight is 306 g/mol. The highest BCUT2D eigenvalue weighted by molar-refractivity contribution is 7.99. The van der Waals surface area contributed by atoms with Crippen LogP contribution in [0.4, 0.5) is 5.69 Å². The van der Waals surface area contributed by atoms with Crippen LogP contribution < -0.4 is 5.73 Å². The smallest absolute Gasteiger partial charge is 0.257 e. The zero-order valence-corrected chi connectivity index (χ0v) is 12.7. The number of amides is 1. The molecule has 0 bridgehead atoms. The summed E-state index contributed by atoms with van der Waals surface area (Å²) in [6.07, 6.45) is 0. The van der Waals surface area contributed by atoms with Crippen molar-refractivity contribution in [2.24, 2.45) is 0 Å². The number of anilines is 1. The van der Waals surface area contributed by atoms with E-state index in [9.17, 15) is 4.79 Å². The highest BCUT2D eigenvalue weighted by Crippen LogP contribution is 2.25. The highest BCUT2D eigenvalue weighted by atomic mass is 32.2. The number of carbonyl (C=O) groups excluding carboxylic acids is 1. The third-order valence-corrected chi connectivity index (χ3v) is 4.38. The minimum absolute atomic E-state index is 0.134. The van der Waals surface area contributed by atoms with Gasteiger partial charge in [0.2, 0.25) is 5.91 Å². The van der Waals surface area contributed by atoms with Crippen molar-refractivity contribution in [1.82, 2.24) is 14.8 Å². The summed E-state index contributed by atoms with van der Waals surface area (Å²) in [5, 5.41) is 0.512. The van der Waals surface area contributed by atoms with Crippen LogP contribution in [0.15, 0.2) is 27.8 Å². The monoisotopic (exact) mass is 306 g/mol. The van der Waals surface area contributed by atoms with Gasteiger partial charge in [-0.05, 0) is 19.2 Å². The first kappa shape index (κ1) is 14.2. The molecule has 7 heteroatoms. The van der Waals surface area contributed by atoms with Gasteiger partial charge in [-0.25, -0.2) is 4.98 Å². The first-order valence-electron chi connectivity index (χ1n) is 6.87. The minimum atomic E-state index is 0.134. The summed E-state index contributed by atoms with van der Waals surface area (Å²) in [6, 6.07) is 5.35. The molecule has 2 N–H and O–H groups in total. The number of rotatable bonds is 3. The molecule has 0 radical (unpaired) electrons. The summed E-state index contributed by atoms with van der Waals surface area (Å²) >= 11 is 1.33. The van der Waals surface area contributed by atoms with Gasteiger partial charge in [0.05, 0.1) is 5.75 Å². The number of oxazole rings is 1. The van der Waals surface area contributed by atoms with Gasteiger partial charge >= 0.3 is 0 Å². The Labute approximate surface area is 127 Å². The largest absolute Gasteiger partial charge is 0.431 e. The maximum absolute atomic E-state index is 12.1. The number of piperazine rings is 1. The number of thioether (sulfide) groups is 1. The number of hydrogen-bond acceptors (Lipinski definition) is 6. The maximum atomic E-state index is 12.1. The molecule has 0 spiro atoms. The van der Waals surface area contributed by atoms with E-state index >= 15 is 0 Å². The number of nitrogen functional groups attached to an aromatic ring is 1. The van der Waals surface area contributed by atoms with Gasteiger partial charge in [0, 0.05) is 37.9 Å². The molecule has 0 saturated carbocycles. The van der Waals surface area contributed by atoms with E-state index in [-0.39, 0.29) is 5.91 Å². The van der Waals surface area contributed by atoms with Crippen LogP contribution >= 0.6 is 11.8 Å². The standard InChI is InChI=1S/C14H18N4O2S/c1-17-4-6-18(7-5-17)13(19)9-21-14-16-11-3-2-10(15)8-12(11)20-14/h2-3,8H,4-7,9,15H2,1H3. The Bertz CT molecular complexity index is 649. The molecule has 1 amide bonds. The first-order chi connectivity index (χ1) is 10.1. The topological polar surface area (TPSA) is 75.6 Å². The van der Waals surface area contributed by atoms with E-state index in [0.29, 0.717) is 22.2 Å². The molecule has 3 rings (SSSR count). The van der Waals surface area contributed by atoms with Gasteiger partial charge in [0.1, 0.15) is 5.52 Å². The first-order valence-corrected chi connectivity index (χ1v) is 7.85. The number of benzene rings is 1. The third kappa shape index (κ3) is 3.30. The molecule has 0 atom stereocenters. The SMILES string of the molecule is CN1CCN(C(=O)CSc2nc3ccc(N)cc3o2)CC1. The molecule has 1 fully saturated rings. The van der Waals surface area contributed by atoms with Crippen LogP contribution in [0.3, 0.4) is 0 Å². The van der Waals surface area contributed by atoms with E-state index in [2.05, 4.69) is 16.9 Å². The quantitative estimate of drug-likeness (QED) is 0.680. The fraction of sp³-hybridized carbons (Fsp3) is 0.429. The van der Waals surface area contributed by atoms with E-state index in [1.807, 2.05) is 11.0 Å². The number of likely N-dealkylation sites (N-methyl/N-ethyl adjacent to an activating group) is 1. The molecule has 1 aromatic heterocycles. The van der Waals surface area contributed by atoms with Gasteiger partial charge in [-0.1, -0.05) is 11.8 Å². The van der Waals surface area contributed by atoms with Crippen molar-refractivity contribution >= 4 is 34.5 Å². The van der Waals surface area contributed by atoms with Crippen molar-refractivity contribution in [3.05, 3.63) is 18.2 Å². The van der Waals surface area contributed by atoms with Crippen molar-refractivity contribution in [3.8, 4) is 0 Å². The predicted octanol–water partition coefficient (Wildman–Crippen LogP) is 1.28. The van der Waals surface area contributed by atoms with Crippen molar-refractivity contribution in [1.29, 1.82) is 0 Å². The Kier molecular flexibility index (Phi) is 4.03. The second-order valence-electron chi connectivity index (χ2n) is 5.18. The Morgan fingerprint density at radius 2 is 2.14 bits per heavy atom. The molecule has 1 aromatic carbocycles.